The fraction of sp³-hybridized carbons (Fsp3) is 0.286. The maximum absolute atomic E-state index is 5.84. The number of halogens is 1. The highest BCUT2D eigenvalue weighted by Gasteiger charge is 2.06. The molecule has 0 bridgehead atoms. The number of aryl methyl sites for hydroxylation is 2. The lowest BCUT2D eigenvalue weighted by molar-refractivity contribution is 0.417. The normalized spacial score (nSPS) is 10.9. The van der Waals surface area contributed by atoms with Gasteiger partial charge in [0, 0.05) is 0 Å². The van der Waals surface area contributed by atoms with Crippen LogP contribution in [0.5, 0.6) is 5.75 Å². The second-order valence-electron chi connectivity index (χ2n) is 4.28. The van der Waals surface area contributed by atoms with Crippen LogP contribution in [0.3, 0.4) is 0 Å². The molecule has 1 aromatic carbocycles. The first kappa shape index (κ1) is 17.3. The number of nitrogens with zero attached hydrogens (tertiary/aromatic N) is 2. The number of methoxy groups -OCH3 is 1. The van der Waals surface area contributed by atoms with E-state index in [-0.39, 0.29) is 29.9 Å². The first-order chi connectivity index (χ1) is 9.60. The minimum Gasteiger partial charge on any atom is -0.495 e. The maximum atomic E-state index is 5.84. The first-order valence-corrected chi connectivity index (χ1v) is 6.23. The Hall–Kier alpha value is -1.77. The van der Waals surface area contributed by atoms with Gasteiger partial charge in [0.2, 0.25) is 5.89 Å². The van der Waals surface area contributed by atoms with Crippen molar-refractivity contribution >= 4 is 35.6 Å². The lowest BCUT2D eigenvalue weighted by atomic mass is 10.3. The van der Waals surface area contributed by atoms with Crippen molar-refractivity contribution in [2.24, 2.45) is 10.7 Å². The number of para-hydroxylation sites is 2. The van der Waals surface area contributed by atoms with E-state index in [9.17, 15) is 0 Å². The van der Waals surface area contributed by atoms with Crippen LogP contribution in [-0.2, 0) is 6.54 Å². The number of anilines is 1. The van der Waals surface area contributed by atoms with E-state index in [1.54, 1.807) is 7.11 Å². The van der Waals surface area contributed by atoms with Gasteiger partial charge in [0.15, 0.2) is 5.96 Å². The summed E-state index contributed by atoms with van der Waals surface area (Å²) in [4.78, 5) is 8.43. The topological polar surface area (TPSA) is 85.7 Å². The molecule has 0 saturated carbocycles. The van der Waals surface area contributed by atoms with Crippen molar-refractivity contribution in [1.82, 2.24) is 4.98 Å². The molecule has 0 amide bonds. The van der Waals surface area contributed by atoms with Gasteiger partial charge in [-0.25, -0.2) is 9.98 Å². The van der Waals surface area contributed by atoms with Crippen molar-refractivity contribution in [3.05, 3.63) is 41.6 Å². The zero-order valence-electron chi connectivity index (χ0n) is 12.2. The second-order valence-corrected chi connectivity index (χ2v) is 4.28. The standard InChI is InChI=1S/C14H18N4O2.HI/c1-9-10(2)20-13(17-9)8-16-14(15)18-11-6-4-5-7-12(11)19-3;/h4-7H,8H2,1-3H3,(H3,15,16,18);1H. The number of ether oxygens (including phenoxy) is 1. The molecule has 2 aromatic rings. The van der Waals surface area contributed by atoms with Gasteiger partial charge in [0.05, 0.1) is 18.5 Å². The number of benzene rings is 1. The molecule has 2 rings (SSSR count). The summed E-state index contributed by atoms with van der Waals surface area (Å²) in [5, 5.41) is 2.99. The molecule has 114 valence electrons. The summed E-state index contributed by atoms with van der Waals surface area (Å²) in [6, 6.07) is 7.48. The van der Waals surface area contributed by atoms with Crippen LogP contribution < -0.4 is 15.8 Å². The number of hydrogen-bond donors (Lipinski definition) is 2. The number of guanidine groups is 1. The molecule has 1 aromatic heterocycles. The quantitative estimate of drug-likeness (QED) is 0.467. The molecule has 0 aliphatic rings. The predicted molar refractivity (Wildman–Crippen MR) is 93.3 cm³/mol. The maximum Gasteiger partial charge on any atom is 0.216 e. The third-order valence-corrected chi connectivity index (χ3v) is 2.83. The monoisotopic (exact) mass is 402 g/mol. The molecule has 0 spiro atoms. The van der Waals surface area contributed by atoms with Crippen LogP contribution in [0.25, 0.3) is 0 Å². The lowest BCUT2D eigenvalue weighted by Gasteiger charge is -2.09. The number of rotatable bonds is 4. The van der Waals surface area contributed by atoms with Crippen LogP contribution in [0.4, 0.5) is 5.69 Å². The molecule has 6 nitrogen and oxygen atoms in total. The van der Waals surface area contributed by atoms with Crippen LogP contribution >= 0.6 is 24.0 Å². The molecule has 3 N–H and O–H groups in total. The molecule has 7 heteroatoms. The summed E-state index contributed by atoms with van der Waals surface area (Å²) in [6.45, 7) is 4.05. The van der Waals surface area contributed by atoms with Gasteiger partial charge in [-0.3, -0.25) is 0 Å². The number of nitrogens with one attached hydrogen (secondary N) is 1. The van der Waals surface area contributed by atoms with Gasteiger partial charge < -0.3 is 20.2 Å². The molecule has 0 unspecified atom stereocenters. The Balaban J connectivity index is 0.00000220. The third kappa shape index (κ3) is 4.62. The van der Waals surface area contributed by atoms with Crippen molar-refractivity contribution < 1.29 is 9.15 Å². The van der Waals surface area contributed by atoms with Crippen molar-refractivity contribution in [2.45, 2.75) is 20.4 Å². The number of aromatic nitrogens is 1. The van der Waals surface area contributed by atoms with Gasteiger partial charge in [-0.15, -0.1) is 24.0 Å². The van der Waals surface area contributed by atoms with E-state index in [1.807, 2.05) is 38.1 Å². The number of oxazole rings is 1. The lowest BCUT2D eigenvalue weighted by Crippen LogP contribution is -2.22. The largest absolute Gasteiger partial charge is 0.495 e. The summed E-state index contributed by atoms with van der Waals surface area (Å²) >= 11 is 0. The van der Waals surface area contributed by atoms with Crippen LogP contribution in [-0.4, -0.2) is 18.1 Å². The first-order valence-electron chi connectivity index (χ1n) is 6.23. The van der Waals surface area contributed by atoms with Gasteiger partial charge in [-0.1, -0.05) is 12.1 Å². The summed E-state index contributed by atoms with van der Waals surface area (Å²) in [7, 11) is 1.60. The van der Waals surface area contributed by atoms with E-state index in [0.29, 0.717) is 18.2 Å². The number of nitrogens with two attached hydrogens (primary N) is 1. The molecular formula is C14H19IN4O2. The van der Waals surface area contributed by atoms with Gasteiger partial charge in [-0.05, 0) is 26.0 Å². The highest BCUT2D eigenvalue weighted by Crippen LogP contribution is 2.22. The zero-order chi connectivity index (χ0) is 14.5. The van der Waals surface area contributed by atoms with Gasteiger partial charge in [0.1, 0.15) is 18.1 Å². The van der Waals surface area contributed by atoms with Crippen molar-refractivity contribution in [3.63, 3.8) is 0 Å². The number of hydrogen-bond acceptors (Lipinski definition) is 4. The second kappa shape index (κ2) is 7.87. The van der Waals surface area contributed by atoms with Crippen LogP contribution in [0, 0.1) is 13.8 Å². The molecule has 0 saturated heterocycles. The van der Waals surface area contributed by atoms with Gasteiger partial charge in [-0.2, -0.15) is 0 Å². The number of aliphatic imine (C=N–C) groups is 1. The van der Waals surface area contributed by atoms with E-state index in [1.165, 1.54) is 0 Å². The molecular weight excluding hydrogens is 383 g/mol. The minimum absolute atomic E-state index is 0. The van der Waals surface area contributed by atoms with Crippen LogP contribution in [0.1, 0.15) is 17.3 Å². The van der Waals surface area contributed by atoms with E-state index >= 15 is 0 Å². The Bertz CT molecular complexity index is 606. The Labute approximate surface area is 140 Å². The molecule has 1 heterocycles. The SMILES string of the molecule is COc1ccccc1NC(N)=NCc1nc(C)c(C)o1.I. The molecule has 21 heavy (non-hydrogen) atoms. The van der Waals surface area contributed by atoms with E-state index in [2.05, 4.69) is 15.3 Å². The summed E-state index contributed by atoms with van der Waals surface area (Å²) < 4.78 is 10.7. The Morgan fingerprint density at radius 3 is 2.71 bits per heavy atom. The van der Waals surface area contributed by atoms with E-state index in [4.69, 9.17) is 14.9 Å². The molecule has 0 atom stereocenters. The molecule has 0 aliphatic carbocycles. The van der Waals surface area contributed by atoms with Gasteiger partial charge in [0.25, 0.3) is 0 Å². The highest BCUT2D eigenvalue weighted by molar-refractivity contribution is 14.0. The van der Waals surface area contributed by atoms with Gasteiger partial charge >= 0.3 is 0 Å². The van der Waals surface area contributed by atoms with Crippen molar-refractivity contribution in [1.29, 1.82) is 0 Å². The summed E-state index contributed by atoms with van der Waals surface area (Å²) in [5.41, 5.74) is 7.46. The predicted octanol–water partition coefficient (Wildman–Crippen LogP) is 2.84. The summed E-state index contributed by atoms with van der Waals surface area (Å²) in [5.74, 6) is 2.33. The van der Waals surface area contributed by atoms with E-state index < -0.39 is 0 Å². The van der Waals surface area contributed by atoms with E-state index in [0.717, 1.165) is 17.1 Å². The zero-order valence-corrected chi connectivity index (χ0v) is 14.5. The van der Waals surface area contributed by atoms with Crippen molar-refractivity contribution in [2.75, 3.05) is 12.4 Å². The third-order valence-electron chi connectivity index (χ3n) is 2.83. The highest BCUT2D eigenvalue weighted by atomic mass is 127. The van der Waals surface area contributed by atoms with Crippen LogP contribution in [0.15, 0.2) is 33.7 Å². The average Bonchev–Trinajstić information content (AvgIpc) is 2.76. The fourth-order valence-corrected chi connectivity index (χ4v) is 1.69. The summed E-state index contributed by atoms with van der Waals surface area (Å²) in [6.07, 6.45) is 0. The average molecular weight is 402 g/mol. The fourth-order valence-electron chi connectivity index (χ4n) is 1.69. The van der Waals surface area contributed by atoms with Crippen LogP contribution in [0.2, 0.25) is 0 Å². The Morgan fingerprint density at radius 1 is 1.38 bits per heavy atom. The Morgan fingerprint density at radius 2 is 2.10 bits per heavy atom. The molecule has 0 aliphatic heterocycles. The Kier molecular flexibility index (Phi) is 6.47. The minimum atomic E-state index is 0. The molecule has 0 fully saturated rings. The van der Waals surface area contributed by atoms with Crippen molar-refractivity contribution in [3.8, 4) is 5.75 Å². The molecule has 0 radical (unpaired) electrons. The smallest absolute Gasteiger partial charge is 0.216 e.